The van der Waals surface area contributed by atoms with Gasteiger partial charge in [0, 0.05) is 10.6 Å². The molecule has 1 N–H and O–H groups in total. The van der Waals surface area contributed by atoms with E-state index in [1.54, 1.807) is 0 Å². The van der Waals surface area contributed by atoms with E-state index in [1.807, 2.05) is 30.3 Å². The second-order valence-electron chi connectivity index (χ2n) is 4.72. The highest BCUT2D eigenvalue weighted by molar-refractivity contribution is 7.20. The van der Waals surface area contributed by atoms with Crippen molar-refractivity contribution in [1.29, 1.82) is 0 Å². The highest BCUT2D eigenvalue weighted by Gasteiger charge is 2.27. The van der Waals surface area contributed by atoms with Crippen LogP contribution in [-0.2, 0) is 0 Å². The fraction of sp³-hybridized carbons (Fsp3) is 0.400. The summed E-state index contributed by atoms with van der Waals surface area (Å²) in [5, 5.41) is 4.21. The van der Waals surface area contributed by atoms with Crippen LogP contribution in [-0.4, -0.2) is 17.3 Å². The number of fused-ring (bicyclic) bond motifs is 1. The molecule has 1 aromatic heterocycles. The van der Waals surface area contributed by atoms with E-state index < -0.39 is 0 Å². The van der Waals surface area contributed by atoms with Crippen LogP contribution in [0.15, 0.2) is 30.3 Å². The maximum absolute atomic E-state index is 12.3. The van der Waals surface area contributed by atoms with Crippen LogP contribution in [0.25, 0.3) is 10.1 Å². The van der Waals surface area contributed by atoms with E-state index in [1.165, 1.54) is 11.3 Å². The van der Waals surface area contributed by atoms with E-state index in [2.05, 4.69) is 19.2 Å². The molecule has 2 rings (SSSR count). The first-order valence-corrected chi connectivity index (χ1v) is 7.86. The number of rotatable bonds is 5. The molecule has 0 aliphatic carbocycles. The minimum atomic E-state index is -0.297. The summed E-state index contributed by atoms with van der Waals surface area (Å²) in [6, 6.07) is 9.97. The molecule has 2 aromatic rings. The lowest BCUT2D eigenvalue weighted by Crippen LogP contribution is -2.49. The van der Waals surface area contributed by atoms with Gasteiger partial charge in [-0.3, -0.25) is 4.79 Å². The molecule has 1 aromatic carbocycles. The predicted molar refractivity (Wildman–Crippen MR) is 83.3 cm³/mol. The van der Waals surface area contributed by atoms with Crippen molar-refractivity contribution >= 4 is 38.9 Å². The van der Waals surface area contributed by atoms with Crippen LogP contribution in [0.4, 0.5) is 0 Å². The van der Waals surface area contributed by atoms with Gasteiger partial charge in [-0.25, -0.2) is 0 Å². The van der Waals surface area contributed by atoms with Gasteiger partial charge in [-0.2, -0.15) is 0 Å². The van der Waals surface area contributed by atoms with Crippen molar-refractivity contribution in [3.63, 3.8) is 0 Å². The van der Waals surface area contributed by atoms with Gasteiger partial charge in [0.25, 0.3) is 5.91 Å². The lowest BCUT2D eigenvalue weighted by molar-refractivity contribution is 0.0907. The molecular weight excluding hydrogens is 278 g/mol. The number of hydrogen-bond donors (Lipinski definition) is 1. The van der Waals surface area contributed by atoms with E-state index in [9.17, 15) is 4.79 Å². The Labute approximate surface area is 122 Å². The molecule has 0 unspecified atom stereocenters. The fourth-order valence-corrected chi connectivity index (χ4v) is 3.45. The molecule has 1 amide bonds. The molecule has 0 saturated carbocycles. The number of alkyl halides is 1. The first-order chi connectivity index (χ1) is 9.14. The Balaban J connectivity index is 2.24. The minimum absolute atomic E-state index is 0.0226. The SMILES string of the molecule is CCC(CC)(CCl)NC(=O)c1cc2ccccc2s1. The first kappa shape index (κ1) is 14.4. The quantitative estimate of drug-likeness (QED) is 0.812. The van der Waals surface area contributed by atoms with E-state index >= 15 is 0 Å². The molecule has 102 valence electrons. The summed E-state index contributed by atoms with van der Waals surface area (Å²) in [6.07, 6.45) is 1.67. The predicted octanol–water partition coefficient (Wildman–Crippen LogP) is 4.43. The maximum atomic E-state index is 12.3. The maximum Gasteiger partial charge on any atom is 0.261 e. The van der Waals surface area contributed by atoms with Gasteiger partial charge < -0.3 is 5.32 Å². The Kier molecular flexibility index (Phi) is 4.48. The van der Waals surface area contributed by atoms with Crippen molar-refractivity contribution in [2.75, 3.05) is 5.88 Å². The third-order valence-electron chi connectivity index (χ3n) is 3.64. The molecule has 0 spiro atoms. The average molecular weight is 296 g/mol. The van der Waals surface area contributed by atoms with Gasteiger partial charge >= 0.3 is 0 Å². The Morgan fingerprint density at radius 1 is 1.32 bits per heavy atom. The van der Waals surface area contributed by atoms with Crippen LogP contribution < -0.4 is 5.32 Å². The lowest BCUT2D eigenvalue weighted by atomic mass is 9.95. The number of amides is 1. The summed E-state index contributed by atoms with van der Waals surface area (Å²) in [5.41, 5.74) is -0.297. The standard InChI is InChI=1S/C15H18ClNOS/c1-3-15(4-2,10-16)17-14(18)13-9-11-7-5-6-8-12(11)19-13/h5-9H,3-4,10H2,1-2H3,(H,17,18). The molecule has 0 fully saturated rings. The van der Waals surface area contributed by atoms with Gasteiger partial charge in [-0.15, -0.1) is 22.9 Å². The molecule has 0 radical (unpaired) electrons. The van der Waals surface area contributed by atoms with Crippen molar-refractivity contribution in [1.82, 2.24) is 5.32 Å². The van der Waals surface area contributed by atoms with Crippen molar-refractivity contribution in [3.8, 4) is 0 Å². The molecule has 1 heterocycles. The molecule has 19 heavy (non-hydrogen) atoms. The molecule has 2 nitrogen and oxygen atoms in total. The third-order valence-corrected chi connectivity index (χ3v) is 5.26. The summed E-state index contributed by atoms with van der Waals surface area (Å²) >= 11 is 7.55. The summed E-state index contributed by atoms with van der Waals surface area (Å²) in [4.78, 5) is 13.1. The molecular formula is C15H18ClNOS. The topological polar surface area (TPSA) is 29.1 Å². The highest BCUT2D eigenvalue weighted by atomic mass is 35.5. The zero-order valence-electron chi connectivity index (χ0n) is 11.2. The number of thiophene rings is 1. The second kappa shape index (κ2) is 5.93. The normalized spacial score (nSPS) is 11.7. The van der Waals surface area contributed by atoms with Gasteiger partial charge in [0.05, 0.1) is 10.4 Å². The Hall–Kier alpha value is -1.06. The molecule has 0 aliphatic heterocycles. The van der Waals surface area contributed by atoms with Gasteiger partial charge in [0.1, 0.15) is 0 Å². The summed E-state index contributed by atoms with van der Waals surface area (Å²) in [7, 11) is 0. The van der Waals surface area contributed by atoms with E-state index in [4.69, 9.17) is 11.6 Å². The zero-order valence-corrected chi connectivity index (χ0v) is 12.8. The minimum Gasteiger partial charge on any atom is -0.345 e. The largest absolute Gasteiger partial charge is 0.345 e. The van der Waals surface area contributed by atoms with E-state index in [0.717, 1.165) is 27.8 Å². The average Bonchev–Trinajstić information content (AvgIpc) is 2.89. The van der Waals surface area contributed by atoms with Crippen LogP contribution >= 0.6 is 22.9 Å². The monoisotopic (exact) mass is 295 g/mol. The van der Waals surface area contributed by atoms with Gasteiger partial charge in [0.15, 0.2) is 0 Å². The number of nitrogens with one attached hydrogen (secondary N) is 1. The summed E-state index contributed by atoms with van der Waals surface area (Å²) in [6.45, 7) is 4.11. The number of benzene rings is 1. The van der Waals surface area contributed by atoms with Crippen LogP contribution in [0.1, 0.15) is 36.4 Å². The Morgan fingerprint density at radius 3 is 2.58 bits per heavy atom. The molecule has 4 heteroatoms. The number of carbonyl (C=O) groups excluding carboxylic acids is 1. The molecule has 0 saturated heterocycles. The van der Waals surface area contributed by atoms with E-state index in [0.29, 0.717) is 5.88 Å². The molecule has 0 atom stereocenters. The Bertz CT molecular complexity index is 533. The zero-order chi connectivity index (χ0) is 13.9. The van der Waals surface area contributed by atoms with E-state index in [-0.39, 0.29) is 11.4 Å². The van der Waals surface area contributed by atoms with Gasteiger partial charge in [-0.05, 0) is 30.4 Å². The lowest BCUT2D eigenvalue weighted by Gasteiger charge is -2.30. The number of carbonyl (C=O) groups is 1. The van der Waals surface area contributed by atoms with Gasteiger partial charge in [0.2, 0.25) is 0 Å². The highest BCUT2D eigenvalue weighted by Crippen LogP contribution is 2.26. The van der Waals surface area contributed by atoms with Crippen LogP contribution in [0.5, 0.6) is 0 Å². The fourth-order valence-electron chi connectivity index (χ4n) is 2.05. The summed E-state index contributed by atoms with van der Waals surface area (Å²) in [5.74, 6) is 0.418. The third kappa shape index (κ3) is 2.93. The molecule has 0 aliphatic rings. The second-order valence-corrected chi connectivity index (χ2v) is 6.07. The van der Waals surface area contributed by atoms with Crippen molar-refractivity contribution < 1.29 is 4.79 Å². The smallest absolute Gasteiger partial charge is 0.261 e. The van der Waals surface area contributed by atoms with Crippen molar-refractivity contribution in [3.05, 3.63) is 35.2 Å². The van der Waals surface area contributed by atoms with Gasteiger partial charge in [-0.1, -0.05) is 32.0 Å². The van der Waals surface area contributed by atoms with Crippen LogP contribution in [0.3, 0.4) is 0 Å². The summed E-state index contributed by atoms with van der Waals surface area (Å²) < 4.78 is 1.14. The number of hydrogen-bond acceptors (Lipinski definition) is 2. The Morgan fingerprint density at radius 2 is 2.00 bits per heavy atom. The van der Waals surface area contributed by atoms with Crippen LogP contribution in [0, 0.1) is 0 Å². The van der Waals surface area contributed by atoms with Crippen molar-refractivity contribution in [2.24, 2.45) is 0 Å². The van der Waals surface area contributed by atoms with Crippen molar-refractivity contribution in [2.45, 2.75) is 32.2 Å². The first-order valence-electron chi connectivity index (χ1n) is 6.51. The van der Waals surface area contributed by atoms with Crippen LogP contribution in [0.2, 0.25) is 0 Å². The molecule has 0 bridgehead atoms. The number of halogens is 1.